The smallest absolute Gasteiger partial charge is 0.140 e. The van der Waals surface area contributed by atoms with Crippen LogP contribution in [-0.2, 0) is 0 Å². The summed E-state index contributed by atoms with van der Waals surface area (Å²) in [4.78, 5) is 3.95. The lowest BCUT2D eigenvalue weighted by atomic mass is 10.0. The maximum Gasteiger partial charge on any atom is 0.140 e. The number of nitrogens with two attached hydrogens (primary N) is 1. The predicted molar refractivity (Wildman–Crippen MR) is 49.3 cm³/mol. The van der Waals surface area contributed by atoms with Crippen molar-refractivity contribution < 1.29 is 4.74 Å². The Kier molecular flexibility index (Phi) is 2.53. The van der Waals surface area contributed by atoms with Crippen LogP contribution in [0.5, 0.6) is 5.75 Å². The number of hydrogen-bond acceptors (Lipinski definition) is 3. The molecule has 0 fully saturated rings. The predicted octanol–water partition coefficient (Wildman–Crippen LogP) is 1.80. The average molecular weight is 166 g/mol. The molecule has 0 saturated heterocycles. The molecule has 0 amide bonds. The monoisotopic (exact) mass is 166 g/mol. The van der Waals surface area contributed by atoms with Gasteiger partial charge in [0.15, 0.2) is 0 Å². The molecular formula is C9H14N2O. The largest absolute Gasteiger partial charge is 0.495 e. The van der Waals surface area contributed by atoms with E-state index in [-0.39, 0.29) is 0 Å². The van der Waals surface area contributed by atoms with Gasteiger partial charge in [-0.1, -0.05) is 13.8 Å². The van der Waals surface area contributed by atoms with Gasteiger partial charge >= 0.3 is 0 Å². The molecular weight excluding hydrogens is 152 g/mol. The lowest BCUT2D eigenvalue weighted by molar-refractivity contribution is 0.405. The van der Waals surface area contributed by atoms with Crippen LogP contribution >= 0.6 is 0 Å². The van der Waals surface area contributed by atoms with Crippen LogP contribution in [0.25, 0.3) is 0 Å². The van der Waals surface area contributed by atoms with Crippen molar-refractivity contribution in [3.8, 4) is 5.75 Å². The Morgan fingerprint density at radius 1 is 1.50 bits per heavy atom. The first-order valence-corrected chi connectivity index (χ1v) is 3.94. The second kappa shape index (κ2) is 3.43. The average Bonchev–Trinajstić information content (AvgIpc) is 2.04. The number of aromatic nitrogens is 1. The van der Waals surface area contributed by atoms with Crippen molar-refractivity contribution in [2.75, 3.05) is 12.8 Å². The second-order valence-electron chi connectivity index (χ2n) is 3.01. The number of pyridine rings is 1. The van der Waals surface area contributed by atoms with E-state index in [1.54, 1.807) is 13.3 Å². The summed E-state index contributed by atoms with van der Waals surface area (Å²) in [6.45, 7) is 4.19. The Labute approximate surface area is 72.6 Å². The number of methoxy groups -OCH3 is 1. The number of nitrogens with zero attached hydrogens (tertiary/aromatic N) is 1. The quantitative estimate of drug-likeness (QED) is 0.728. The van der Waals surface area contributed by atoms with Crippen LogP contribution in [0.3, 0.4) is 0 Å². The number of ether oxygens (including phenoxy) is 1. The number of anilines is 1. The van der Waals surface area contributed by atoms with E-state index in [1.807, 2.05) is 6.07 Å². The molecule has 0 aliphatic heterocycles. The zero-order valence-electron chi connectivity index (χ0n) is 7.66. The van der Waals surface area contributed by atoms with Crippen molar-refractivity contribution in [1.82, 2.24) is 4.98 Å². The molecule has 2 N–H and O–H groups in total. The molecule has 0 radical (unpaired) electrons. The summed E-state index contributed by atoms with van der Waals surface area (Å²) in [6, 6.07) is 1.85. The highest BCUT2D eigenvalue weighted by Crippen LogP contribution is 2.26. The molecule has 1 heterocycles. The Morgan fingerprint density at radius 2 is 2.17 bits per heavy atom. The SMILES string of the molecule is COc1cnc(N)cc1C(C)C. The van der Waals surface area contributed by atoms with E-state index in [9.17, 15) is 0 Å². The molecule has 0 aromatic carbocycles. The third kappa shape index (κ3) is 1.67. The highest BCUT2D eigenvalue weighted by Gasteiger charge is 2.07. The molecule has 0 aliphatic carbocycles. The van der Waals surface area contributed by atoms with Gasteiger partial charge in [0.05, 0.1) is 13.3 Å². The Balaban J connectivity index is 3.12. The fourth-order valence-corrected chi connectivity index (χ4v) is 1.10. The van der Waals surface area contributed by atoms with Gasteiger partial charge in [0.1, 0.15) is 11.6 Å². The first-order valence-electron chi connectivity index (χ1n) is 3.94. The van der Waals surface area contributed by atoms with Gasteiger partial charge in [0, 0.05) is 5.56 Å². The second-order valence-corrected chi connectivity index (χ2v) is 3.01. The van der Waals surface area contributed by atoms with E-state index in [0.29, 0.717) is 11.7 Å². The maximum atomic E-state index is 5.55. The first kappa shape index (κ1) is 8.84. The Bertz CT molecular complexity index is 271. The van der Waals surface area contributed by atoms with Gasteiger partial charge in [0.2, 0.25) is 0 Å². The van der Waals surface area contributed by atoms with Crippen molar-refractivity contribution >= 4 is 5.82 Å². The van der Waals surface area contributed by atoms with Gasteiger partial charge in [-0.25, -0.2) is 4.98 Å². The number of nitrogen functional groups attached to an aromatic ring is 1. The highest BCUT2D eigenvalue weighted by molar-refractivity contribution is 5.42. The minimum atomic E-state index is 0.408. The molecule has 0 saturated carbocycles. The topological polar surface area (TPSA) is 48.1 Å². The minimum absolute atomic E-state index is 0.408. The number of rotatable bonds is 2. The standard InChI is InChI=1S/C9H14N2O/c1-6(2)7-4-9(10)11-5-8(7)12-3/h4-6H,1-3H3,(H2,10,11). The van der Waals surface area contributed by atoms with Crippen molar-refractivity contribution in [1.29, 1.82) is 0 Å². The van der Waals surface area contributed by atoms with Gasteiger partial charge in [-0.05, 0) is 12.0 Å². The fourth-order valence-electron chi connectivity index (χ4n) is 1.10. The summed E-state index contributed by atoms with van der Waals surface area (Å²) in [5.74, 6) is 1.75. The van der Waals surface area contributed by atoms with E-state index in [2.05, 4.69) is 18.8 Å². The van der Waals surface area contributed by atoms with Crippen LogP contribution in [0, 0.1) is 0 Å². The van der Waals surface area contributed by atoms with E-state index in [4.69, 9.17) is 10.5 Å². The van der Waals surface area contributed by atoms with Gasteiger partial charge < -0.3 is 10.5 Å². The van der Waals surface area contributed by atoms with Crippen molar-refractivity contribution in [2.24, 2.45) is 0 Å². The lowest BCUT2D eigenvalue weighted by Crippen LogP contribution is -1.98. The number of hydrogen-bond donors (Lipinski definition) is 1. The molecule has 1 rings (SSSR count). The highest BCUT2D eigenvalue weighted by atomic mass is 16.5. The Hall–Kier alpha value is -1.25. The van der Waals surface area contributed by atoms with E-state index >= 15 is 0 Å². The van der Waals surface area contributed by atoms with Crippen LogP contribution in [0.15, 0.2) is 12.3 Å². The van der Waals surface area contributed by atoms with Gasteiger partial charge in [-0.3, -0.25) is 0 Å². The molecule has 1 aromatic rings. The van der Waals surface area contributed by atoms with Crippen molar-refractivity contribution in [2.45, 2.75) is 19.8 Å². The molecule has 0 bridgehead atoms. The summed E-state index contributed by atoms with van der Waals surface area (Å²) in [7, 11) is 1.64. The van der Waals surface area contributed by atoms with E-state index in [0.717, 1.165) is 11.3 Å². The zero-order chi connectivity index (χ0) is 9.14. The van der Waals surface area contributed by atoms with Gasteiger partial charge in [0.25, 0.3) is 0 Å². The lowest BCUT2D eigenvalue weighted by Gasteiger charge is -2.10. The fraction of sp³-hybridized carbons (Fsp3) is 0.444. The maximum absolute atomic E-state index is 5.55. The molecule has 0 unspecified atom stereocenters. The summed E-state index contributed by atoms with van der Waals surface area (Å²) >= 11 is 0. The van der Waals surface area contributed by atoms with Crippen molar-refractivity contribution in [3.63, 3.8) is 0 Å². The summed E-state index contributed by atoms with van der Waals surface area (Å²) in [6.07, 6.45) is 1.66. The van der Waals surface area contributed by atoms with Gasteiger partial charge in [-0.15, -0.1) is 0 Å². The first-order chi connectivity index (χ1) is 5.65. The molecule has 0 atom stereocenters. The van der Waals surface area contributed by atoms with E-state index < -0.39 is 0 Å². The minimum Gasteiger partial charge on any atom is -0.495 e. The molecule has 12 heavy (non-hydrogen) atoms. The molecule has 66 valence electrons. The van der Waals surface area contributed by atoms with Crippen molar-refractivity contribution in [3.05, 3.63) is 17.8 Å². The van der Waals surface area contributed by atoms with Crippen LogP contribution in [0.4, 0.5) is 5.82 Å². The van der Waals surface area contributed by atoms with E-state index in [1.165, 1.54) is 0 Å². The molecule has 1 aromatic heterocycles. The molecule has 0 aliphatic rings. The third-order valence-electron chi connectivity index (χ3n) is 1.76. The molecule has 3 heteroatoms. The summed E-state index contributed by atoms with van der Waals surface area (Å²) in [5, 5.41) is 0. The Morgan fingerprint density at radius 3 is 2.67 bits per heavy atom. The normalized spacial score (nSPS) is 10.3. The third-order valence-corrected chi connectivity index (χ3v) is 1.76. The molecule has 3 nitrogen and oxygen atoms in total. The van der Waals surface area contributed by atoms with Crippen LogP contribution in [-0.4, -0.2) is 12.1 Å². The van der Waals surface area contributed by atoms with Crippen LogP contribution in [0.1, 0.15) is 25.3 Å². The van der Waals surface area contributed by atoms with Gasteiger partial charge in [-0.2, -0.15) is 0 Å². The summed E-state index contributed by atoms with van der Waals surface area (Å²) < 4.78 is 5.14. The van der Waals surface area contributed by atoms with Crippen LogP contribution < -0.4 is 10.5 Å². The molecule has 0 spiro atoms. The summed E-state index contributed by atoms with van der Waals surface area (Å²) in [5.41, 5.74) is 6.66. The van der Waals surface area contributed by atoms with Crippen LogP contribution in [0.2, 0.25) is 0 Å². The zero-order valence-corrected chi connectivity index (χ0v) is 7.66.